The quantitative estimate of drug-likeness (QED) is 0.395. The molecule has 1 aliphatic rings. The van der Waals surface area contributed by atoms with Gasteiger partial charge in [0.1, 0.15) is 0 Å². The van der Waals surface area contributed by atoms with Crippen LogP contribution in [-0.4, -0.2) is 28.6 Å². The van der Waals surface area contributed by atoms with Crippen molar-refractivity contribution < 1.29 is 19.7 Å². The van der Waals surface area contributed by atoms with Crippen LogP contribution >= 0.6 is 0 Å². The lowest BCUT2D eigenvalue weighted by atomic mass is 9.90. The van der Waals surface area contributed by atoms with Crippen molar-refractivity contribution in [1.29, 1.82) is 0 Å². The molecule has 1 saturated heterocycles. The molecule has 0 saturated carbocycles. The number of carbonyl (C=O) groups is 1. The topological polar surface area (TPSA) is 66.8 Å². The molecule has 0 amide bonds. The van der Waals surface area contributed by atoms with Gasteiger partial charge in [0.05, 0.1) is 6.10 Å². The molecule has 0 aromatic rings. The Morgan fingerprint density at radius 2 is 1.88 bits per heavy atom. The van der Waals surface area contributed by atoms with Crippen LogP contribution in [0.1, 0.15) is 77.6 Å². The van der Waals surface area contributed by atoms with Gasteiger partial charge in [0.2, 0.25) is 0 Å². The van der Waals surface area contributed by atoms with E-state index >= 15 is 0 Å². The number of aliphatic hydroxyl groups excluding tert-OH is 1. The number of aliphatic hydroxyl groups is 1. The van der Waals surface area contributed by atoms with Crippen molar-refractivity contribution in [3.05, 3.63) is 24.3 Å². The van der Waals surface area contributed by atoms with Crippen molar-refractivity contribution in [2.24, 2.45) is 5.92 Å². The number of hydrogen-bond acceptors (Lipinski definition) is 3. The fourth-order valence-corrected chi connectivity index (χ4v) is 3.02. The van der Waals surface area contributed by atoms with E-state index in [1.165, 1.54) is 25.7 Å². The van der Waals surface area contributed by atoms with Gasteiger partial charge in [-0.1, -0.05) is 50.5 Å². The molecule has 2 N–H and O–H groups in total. The van der Waals surface area contributed by atoms with Crippen LogP contribution in [0.2, 0.25) is 0 Å². The lowest BCUT2D eigenvalue weighted by Crippen LogP contribution is -2.33. The Labute approximate surface area is 146 Å². The summed E-state index contributed by atoms with van der Waals surface area (Å²) in [6.45, 7) is 2.22. The zero-order chi connectivity index (χ0) is 17.6. The van der Waals surface area contributed by atoms with Gasteiger partial charge < -0.3 is 14.9 Å². The molecule has 1 aliphatic heterocycles. The highest BCUT2D eigenvalue weighted by atomic mass is 16.6. The molecule has 0 spiro atoms. The summed E-state index contributed by atoms with van der Waals surface area (Å²) >= 11 is 0. The van der Waals surface area contributed by atoms with Crippen molar-refractivity contribution in [2.75, 3.05) is 0 Å². The van der Waals surface area contributed by atoms with Gasteiger partial charge in [-0.25, -0.2) is 0 Å². The maximum absolute atomic E-state index is 10.5. The molecular weight excluding hydrogens is 304 g/mol. The molecule has 4 heteroatoms. The zero-order valence-corrected chi connectivity index (χ0v) is 15.0. The smallest absolute Gasteiger partial charge is 0.303 e. The Balaban J connectivity index is 2.32. The minimum Gasteiger partial charge on any atom is -0.481 e. The summed E-state index contributed by atoms with van der Waals surface area (Å²) in [5.74, 6) is -0.335. The molecule has 0 bridgehead atoms. The van der Waals surface area contributed by atoms with Gasteiger partial charge in [0.15, 0.2) is 6.29 Å². The molecule has 1 heterocycles. The van der Waals surface area contributed by atoms with Gasteiger partial charge in [-0.3, -0.25) is 4.79 Å². The Morgan fingerprint density at radius 3 is 2.62 bits per heavy atom. The van der Waals surface area contributed by atoms with Gasteiger partial charge in [-0.2, -0.15) is 0 Å². The largest absolute Gasteiger partial charge is 0.481 e. The summed E-state index contributed by atoms with van der Waals surface area (Å²) in [6.07, 6.45) is 18.3. The number of allylic oxidation sites excluding steroid dienone is 3. The molecule has 1 fully saturated rings. The number of ether oxygens (including phenoxy) is 1. The van der Waals surface area contributed by atoms with E-state index in [0.29, 0.717) is 18.8 Å². The highest BCUT2D eigenvalue weighted by Gasteiger charge is 2.27. The maximum atomic E-state index is 10.5. The maximum Gasteiger partial charge on any atom is 0.303 e. The number of rotatable bonds is 12. The number of aliphatic carboxylic acids is 1. The number of carboxylic acid groups (broad SMARTS) is 1. The van der Waals surface area contributed by atoms with Crippen LogP contribution in [0.5, 0.6) is 0 Å². The van der Waals surface area contributed by atoms with Gasteiger partial charge in [0, 0.05) is 6.42 Å². The second-order valence-corrected chi connectivity index (χ2v) is 6.66. The fourth-order valence-electron chi connectivity index (χ4n) is 3.02. The van der Waals surface area contributed by atoms with Crippen LogP contribution in [0.3, 0.4) is 0 Å². The van der Waals surface area contributed by atoms with Crippen molar-refractivity contribution in [3.8, 4) is 0 Å². The zero-order valence-electron chi connectivity index (χ0n) is 15.0. The van der Waals surface area contributed by atoms with Gasteiger partial charge in [-0.15, -0.1) is 0 Å². The Hall–Kier alpha value is -1.13. The van der Waals surface area contributed by atoms with Crippen molar-refractivity contribution >= 4 is 5.97 Å². The van der Waals surface area contributed by atoms with E-state index in [-0.39, 0.29) is 12.5 Å². The first-order valence-electron chi connectivity index (χ1n) is 9.50. The van der Waals surface area contributed by atoms with E-state index in [0.717, 1.165) is 25.7 Å². The van der Waals surface area contributed by atoms with E-state index in [9.17, 15) is 9.90 Å². The van der Waals surface area contributed by atoms with E-state index < -0.39 is 12.3 Å². The molecule has 4 nitrogen and oxygen atoms in total. The third kappa shape index (κ3) is 9.89. The predicted molar refractivity (Wildman–Crippen MR) is 96.7 cm³/mol. The molecule has 0 aliphatic carbocycles. The van der Waals surface area contributed by atoms with E-state index in [4.69, 9.17) is 9.84 Å². The molecule has 138 valence electrons. The third-order valence-electron chi connectivity index (χ3n) is 4.48. The summed E-state index contributed by atoms with van der Waals surface area (Å²) in [6, 6.07) is 0. The first kappa shape index (κ1) is 20.9. The molecule has 0 radical (unpaired) electrons. The standard InChI is InChI=1S/C20H34O4/c1-2-3-4-5-6-10-13-18-17(15-16-20(23)24-18)12-9-7-8-11-14-19(21)22/h7,9-10,13,17-18,20,23H,2-6,8,11-12,14-16H2,1H3,(H,21,22)/b9-7-,13-10+/t17-,18+,20?/m0/s1. The van der Waals surface area contributed by atoms with Crippen molar-refractivity contribution in [2.45, 2.75) is 89.9 Å². The molecule has 0 aromatic heterocycles. The van der Waals surface area contributed by atoms with E-state index in [1.54, 1.807) is 0 Å². The lowest BCUT2D eigenvalue weighted by molar-refractivity contribution is -0.166. The van der Waals surface area contributed by atoms with Crippen LogP contribution in [0.15, 0.2) is 24.3 Å². The number of carboxylic acids is 1. The number of hydrogen-bond donors (Lipinski definition) is 2. The molecule has 24 heavy (non-hydrogen) atoms. The monoisotopic (exact) mass is 338 g/mol. The summed E-state index contributed by atoms with van der Waals surface area (Å²) in [5.41, 5.74) is 0. The molecule has 3 atom stereocenters. The van der Waals surface area contributed by atoms with Crippen LogP contribution in [0.4, 0.5) is 0 Å². The number of unbranched alkanes of at least 4 members (excludes halogenated alkanes) is 5. The second-order valence-electron chi connectivity index (χ2n) is 6.66. The van der Waals surface area contributed by atoms with Gasteiger partial charge >= 0.3 is 5.97 Å². The predicted octanol–water partition coefficient (Wildman–Crippen LogP) is 4.83. The summed E-state index contributed by atoms with van der Waals surface area (Å²) in [4.78, 5) is 10.5. The van der Waals surface area contributed by atoms with Crippen LogP contribution in [0.25, 0.3) is 0 Å². The average Bonchev–Trinajstić information content (AvgIpc) is 2.55. The Bertz CT molecular complexity index is 389. The van der Waals surface area contributed by atoms with Crippen LogP contribution < -0.4 is 0 Å². The average molecular weight is 338 g/mol. The third-order valence-corrected chi connectivity index (χ3v) is 4.48. The van der Waals surface area contributed by atoms with E-state index in [1.807, 2.05) is 0 Å². The normalized spacial score (nSPS) is 24.8. The molecule has 1 rings (SSSR count). The molecular formula is C20H34O4. The Kier molecular flexibility index (Phi) is 11.5. The lowest BCUT2D eigenvalue weighted by Gasteiger charge is -2.32. The van der Waals surface area contributed by atoms with Crippen LogP contribution in [-0.2, 0) is 9.53 Å². The summed E-state index contributed by atoms with van der Waals surface area (Å²) < 4.78 is 5.69. The highest BCUT2D eigenvalue weighted by Crippen LogP contribution is 2.28. The minimum atomic E-state index is -0.734. The summed E-state index contributed by atoms with van der Waals surface area (Å²) in [7, 11) is 0. The fraction of sp³-hybridized carbons (Fsp3) is 0.750. The summed E-state index contributed by atoms with van der Waals surface area (Å²) in [5, 5.41) is 18.3. The van der Waals surface area contributed by atoms with Gasteiger partial charge in [0.25, 0.3) is 0 Å². The molecule has 0 aromatic carbocycles. The van der Waals surface area contributed by atoms with Crippen molar-refractivity contribution in [3.63, 3.8) is 0 Å². The second kappa shape index (κ2) is 13.2. The first-order chi connectivity index (χ1) is 11.6. The van der Waals surface area contributed by atoms with Gasteiger partial charge in [-0.05, 0) is 50.9 Å². The first-order valence-corrected chi connectivity index (χ1v) is 9.50. The van der Waals surface area contributed by atoms with Crippen LogP contribution in [0, 0.1) is 5.92 Å². The Morgan fingerprint density at radius 1 is 1.08 bits per heavy atom. The van der Waals surface area contributed by atoms with Crippen molar-refractivity contribution in [1.82, 2.24) is 0 Å². The minimum absolute atomic E-state index is 0.0106. The van der Waals surface area contributed by atoms with E-state index in [2.05, 4.69) is 31.2 Å². The SMILES string of the molecule is CCCCCC/C=C/[C@H]1OC(O)CC[C@@H]1C/C=C\CCCC(=O)O. The highest BCUT2D eigenvalue weighted by molar-refractivity contribution is 5.66. The molecule has 1 unspecified atom stereocenters.